The standard InChI is InChI=1S/C17H13N3O2/c18-14-7-5-11(6-8-14)17-19-16(20-22-17)13-9-12-3-1-2-4-15(12)21-10-13/h1-9H,10,18H2. The highest BCUT2D eigenvalue weighted by molar-refractivity contribution is 5.83. The molecular weight excluding hydrogens is 278 g/mol. The highest BCUT2D eigenvalue weighted by atomic mass is 16.5. The van der Waals surface area contributed by atoms with Gasteiger partial charge in [-0.15, -0.1) is 0 Å². The molecular formula is C17H13N3O2. The van der Waals surface area contributed by atoms with Crippen LogP contribution in [0.4, 0.5) is 5.69 Å². The third kappa shape index (κ3) is 2.22. The summed E-state index contributed by atoms with van der Waals surface area (Å²) in [4.78, 5) is 4.44. The fourth-order valence-corrected chi connectivity index (χ4v) is 2.34. The van der Waals surface area contributed by atoms with Gasteiger partial charge < -0.3 is 15.0 Å². The van der Waals surface area contributed by atoms with Gasteiger partial charge in [-0.05, 0) is 36.4 Å². The van der Waals surface area contributed by atoms with Crippen LogP contribution < -0.4 is 10.5 Å². The summed E-state index contributed by atoms with van der Waals surface area (Å²) in [6, 6.07) is 15.2. The lowest BCUT2D eigenvalue weighted by atomic mass is 10.1. The minimum atomic E-state index is 0.428. The average Bonchev–Trinajstić information content (AvgIpc) is 3.05. The molecule has 0 bridgehead atoms. The van der Waals surface area contributed by atoms with Gasteiger partial charge in [0.25, 0.3) is 5.89 Å². The normalized spacial score (nSPS) is 13.2. The van der Waals surface area contributed by atoms with Crippen LogP contribution in [0.15, 0.2) is 53.1 Å². The Morgan fingerprint density at radius 2 is 1.82 bits per heavy atom. The van der Waals surface area contributed by atoms with E-state index in [-0.39, 0.29) is 0 Å². The number of para-hydroxylation sites is 1. The quantitative estimate of drug-likeness (QED) is 0.734. The predicted molar refractivity (Wildman–Crippen MR) is 84.0 cm³/mol. The summed E-state index contributed by atoms with van der Waals surface area (Å²) in [6.45, 7) is 0.428. The van der Waals surface area contributed by atoms with Crippen molar-refractivity contribution < 1.29 is 9.26 Å². The van der Waals surface area contributed by atoms with Crippen molar-refractivity contribution in [3.63, 3.8) is 0 Å². The molecule has 5 heteroatoms. The summed E-state index contributed by atoms with van der Waals surface area (Å²) in [5.41, 5.74) is 9.13. The number of nitrogens with zero attached hydrogens (tertiary/aromatic N) is 2. The first kappa shape index (κ1) is 12.6. The van der Waals surface area contributed by atoms with Crippen molar-refractivity contribution in [2.75, 3.05) is 12.3 Å². The zero-order valence-electron chi connectivity index (χ0n) is 11.7. The number of hydrogen-bond donors (Lipinski definition) is 1. The van der Waals surface area contributed by atoms with Gasteiger partial charge in [-0.1, -0.05) is 23.4 Å². The number of benzene rings is 2. The van der Waals surface area contributed by atoms with E-state index in [4.69, 9.17) is 15.0 Å². The third-order valence-electron chi connectivity index (χ3n) is 3.50. The van der Waals surface area contributed by atoms with Crippen LogP contribution in [0.25, 0.3) is 23.1 Å². The van der Waals surface area contributed by atoms with E-state index in [1.165, 1.54) is 0 Å². The van der Waals surface area contributed by atoms with Gasteiger partial charge in [0.05, 0.1) is 0 Å². The minimum absolute atomic E-state index is 0.428. The molecule has 0 amide bonds. The molecule has 1 aliphatic heterocycles. The van der Waals surface area contributed by atoms with E-state index in [9.17, 15) is 0 Å². The van der Waals surface area contributed by atoms with Crippen molar-refractivity contribution in [2.24, 2.45) is 0 Å². The maximum atomic E-state index is 5.71. The molecule has 0 saturated heterocycles. The van der Waals surface area contributed by atoms with E-state index in [2.05, 4.69) is 10.1 Å². The van der Waals surface area contributed by atoms with Crippen LogP contribution >= 0.6 is 0 Å². The minimum Gasteiger partial charge on any atom is -0.488 e. The highest BCUT2D eigenvalue weighted by Gasteiger charge is 2.17. The van der Waals surface area contributed by atoms with Crippen LogP contribution in [0.5, 0.6) is 5.75 Å². The fraction of sp³-hybridized carbons (Fsp3) is 0.0588. The first-order valence-electron chi connectivity index (χ1n) is 6.92. The van der Waals surface area contributed by atoms with Crippen molar-refractivity contribution in [2.45, 2.75) is 0 Å². The van der Waals surface area contributed by atoms with Gasteiger partial charge >= 0.3 is 0 Å². The van der Waals surface area contributed by atoms with Crippen molar-refractivity contribution in [3.05, 3.63) is 59.9 Å². The predicted octanol–water partition coefficient (Wildman–Crippen LogP) is 3.25. The van der Waals surface area contributed by atoms with Crippen LogP contribution in [-0.2, 0) is 0 Å². The van der Waals surface area contributed by atoms with Gasteiger partial charge in [-0.3, -0.25) is 0 Å². The molecule has 3 aromatic rings. The second-order valence-corrected chi connectivity index (χ2v) is 5.04. The van der Waals surface area contributed by atoms with Gasteiger partial charge in [-0.25, -0.2) is 0 Å². The lowest BCUT2D eigenvalue weighted by Crippen LogP contribution is -2.07. The molecule has 4 rings (SSSR count). The molecule has 0 atom stereocenters. The maximum absolute atomic E-state index is 5.71. The highest BCUT2D eigenvalue weighted by Crippen LogP contribution is 2.30. The Balaban J connectivity index is 1.68. The zero-order chi connectivity index (χ0) is 14.9. The summed E-state index contributed by atoms with van der Waals surface area (Å²) >= 11 is 0. The van der Waals surface area contributed by atoms with Crippen molar-refractivity contribution in [1.82, 2.24) is 10.1 Å². The molecule has 1 aliphatic rings. The Hall–Kier alpha value is -3.08. The second-order valence-electron chi connectivity index (χ2n) is 5.04. The van der Waals surface area contributed by atoms with E-state index in [1.54, 1.807) is 12.1 Å². The van der Waals surface area contributed by atoms with E-state index in [0.717, 1.165) is 22.4 Å². The van der Waals surface area contributed by atoms with Gasteiger partial charge in [0.15, 0.2) is 0 Å². The Labute approximate surface area is 127 Å². The van der Waals surface area contributed by atoms with Gasteiger partial charge in [0, 0.05) is 22.4 Å². The molecule has 2 N–H and O–H groups in total. The van der Waals surface area contributed by atoms with Crippen LogP contribution in [0.2, 0.25) is 0 Å². The number of rotatable bonds is 2. The average molecular weight is 291 g/mol. The van der Waals surface area contributed by atoms with Gasteiger partial charge in [0.1, 0.15) is 12.4 Å². The van der Waals surface area contributed by atoms with Gasteiger partial charge in [-0.2, -0.15) is 4.98 Å². The Morgan fingerprint density at radius 3 is 2.68 bits per heavy atom. The summed E-state index contributed by atoms with van der Waals surface area (Å²) in [6.07, 6.45) is 2.02. The SMILES string of the molecule is Nc1ccc(-c2nc(C3=Cc4ccccc4OC3)no2)cc1. The molecule has 0 radical (unpaired) electrons. The molecule has 1 aromatic heterocycles. The number of ether oxygens (including phenoxy) is 1. The summed E-state index contributed by atoms with van der Waals surface area (Å²) in [5, 5.41) is 4.05. The molecule has 2 aromatic carbocycles. The molecule has 0 fully saturated rings. The monoisotopic (exact) mass is 291 g/mol. The van der Waals surface area contributed by atoms with E-state index < -0.39 is 0 Å². The van der Waals surface area contributed by atoms with Gasteiger partial charge in [0.2, 0.25) is 5.82 Å². The molecule has 0 aliphatic carbocycles. The number of hydrogen-bond acceptors (Lipinski definition) is 5. The van der Waals surface area contributed by atoms with Crippen LogP contribution in [0, 0.1) is 0 Å². The Kier molecular flexibility index (Phi) is 2.89. The molecule has 0 saturated carbocycles. The number of aromatic nitrogens is 2. The van der Waals surface area contributed by atoms with Crippen molar-refractivity contribution >= 4 is 17.3 Å². The van der Waals surface area contributed by atoms with Crippen molar-refractivity contribution in [1.29, 1.82) is 0 Å². The lowest BCUT2D eigenvalue weighted by Gasteiger charge is -2.15. The second kappa shape index (κ2) is 5.04. The first-order valence-corrected chi connectivity index (χ1v) is 6.92. The Bertz CT molecular complexity index is 850. The van der Waals surface area contributed by atoms with E-state index in [0.29, 0.717) is 24.0 Å². The van der Waals surface area contributed by atoms with Crippen LogP contribution in [-0.4, -0.2) is 16.7 Å². The summed E-state index contributed by atoms with van der Waals surface area (Å²) in [5.74, 6) is 1.88. The Morgan fingerprint density at radius 1 is 1.00 bits per heavy atom. The number of nitrogens with two attached hydrogens (primary N) is 1. The largest absolute Gasteiger partial charge is 0.488 e. The first-order chi connectivity index (χ1) is 10.8. The molecule has 22 heavy (non-hydrogen) atoms. The van der Waals surface area contributed by atoms with Crippen LogP contribution in [0.1, 0.15) is 11.4 Å². The molecule has 0 spiro atoms. The molecule has 2 heterocycles. The molecule has 5 nitrogen and oxygen atoms in total. The molecule has 0 unspecified atom stereocenters. The topological polar surface area (TPSA) is 74.2 Å². The maximum Gasteiger partial charge on any atom is 0.258 e. The van der Waals surface area contributed by atoms with E-state index in [1.807, 2.05) is 42.5 Å². The van der Waals surface area contributed by atoms with Crippen molar-refractivity contribution in [3.8, 4) is 17.2 Å². The molecule has 108 valence electrons. The zero-order valence-corrected chi connectivity index (χ0v) is 11.7. The number of nitrogen functional groups attached to an aromatic ring is 1. The number of fused-ring (bicyclic) bond motifs is 1. The lowest BCUT2D eigenvalue weighted by molar-refractivity contribution is 0.363. The fourth-order valence-electron chi connectivity index (χ4n) is 2.34. The third-order valence-corrected chi connectivity index (χ3v) is 3.50. The smallest absolute Gasteiger partial charge is 0.258 e. The van der Waals surface area contributed by atoms with Crippen LogP contribution in [0.3, 0.4) is 0 Å². The summed E-state index contributed by atoms with van der Waals surface area (Å²) in [7, 11) is 0. The summed E-state index contributed by atoms with van der Waals surface area (Å²) < 4.78 is 11.0. The van der Waals surface area contributed by atoms with E-state index >= 15 is 0 Å². The number of anilines is 1.